The van der Waals surface area contributed by atoms with Crippen LogP contribution in [0.2, 0.25) is 0 Å². The summed E-state index contributed by atoms with van der Waals surface area (Å²) in [5.41, 5.74) is 0. The number of ether oxygens (including phenoxy) is 1. The highest BCUT2D eigenvalue weighted by Crippen LogP contribution is 2.40. The van der Waals surface area contributed by atoms with E-state index in [-0.39, 0.29) is 18.7 Å². The van der Waals surface area contributed by atoms with Crippen molar-refractivity contribution in [3.8, 4) is 0 Å². The molecule has 11 heavy (non-hydrogen) atoms. The van der Waals surface area contributed by atoms with Gasteiger partial charge in [0.2, 0.25) is 7.37 Å². The van der Waals surface area contributed by atoms with Crippen molar-refractivity contribution in [1.82, 2.24) is 0 Å². The topological polar surface area (TPSA) is 52.6 Å². The molecule has 0 saturated heterocycles. The van der Waals surface area contributed by atoms with Crippen molar-refractivity contribution in [3.05, 3.63) is 0 Å². The summed E-state index contributed by atoms with van der Waals surface area (Å²) >= 11 is 0. The van der Waals surface area contributed by atoms with E-state index in [1.54, 1.807) is 0 Å². The second-order valence-electron chi connectivity index (χ2n) is 2.26. The molecule has 1 atom stereocenters. The molecule has 4 nitrogen and oxygen atoms in total. The summed E-state index contributed by atoms with van der Waals surface area (Å²) in [5.74, 6) is -0.360. The van der Waals surface area contributed by atoms with Crippen LogP contribution in [0.4, 0.5) is 0 Å². The Hall–Kier alpha value is -0.340. The van der Waals surface area contributed by atoms with E-state index >= 15 is 0 Å². The smallest absolute Gasteiger partial charge is 0.302 e. The lowest BCUT2D eigenvalue weighted by Crippen LogP contribution is -2.05. The lowest BCUT2D eigenvalue weighted by Gasteiger charge is -2.09. The molecule has 0 fully saturated rings. The molecule has 0 amide bonds. The van der Waals surface area contributed by atoms with Crippen LogP contribution in [0.15, 0.2) is 0 Å². The summed E-state index contributed by atoms with van der Waals surface area (Å²) < 4.78 is 20.4. The van der Waals surface area contributed by atoms with E-state index < -0.39 is 7.37 Å². The molecule has 0 radical (unpaired) electrons. The van der Waals surface area contributed by atoms with Gasteiger partial charge in [-0.1, -0.05) is 0 Å². The number of hydrogen-bond acceptors (Lipinski definition) is 4. The maximum atomic E-state index is 11.2. The molecule has 0 aliphatic carbocycles. The molecule has 0 spiro atoms. The molecule has 0 saturated carbocycles. The lowest BCUT2D eigenvalue weighted by atomic mass is 10.8. The lowest BCUT2D eigenvalue weighted by molar-refractivity contribution is -0.140. The van der Waals surface area contributed by atoms with Gasteiger partial charge in [-0.15, -0.1) is 0 Å². The third-order valence-corrected chi connectivity index (χ3v) is 2.96. The largest absolute Gasteiger partial charge is 0.465 e. The Labute approximate surface area is 66.3 Å². The zero-order valence-electron chi connectivity index (χ0n) is 6.99. The van der Waals surface area contributed by atoms with Crippen molar-refractivity contribution in [2.24, 2.45) is 0 Å². The van der Waals surface area contributed by atoms with Crippen molar-refractivity contribution in [2.75, 3.05) is 26.5 Å². The molecular formula is C6H13O4P. The summed E-state index contributed by atoms with van der Waals surface area (Å²) in [6, 6.07) is 0. The van der Waals surface area contributed by atoms with Gasteiger partial charge in [0.05, 0.1) is 6.16 Å². The van der Waals surface area contributed by atoms with Gasteiger partial charge in [0.1, 0.15) is 6.61 Å². The highest BCUT2D eigenvalue weighted by Gasteiger charge is 2.13. The van der Waals surface area contributed by atoms with E-state index in [1.165, 1.54) is 20.7 Å². The van der Waals surface area contributed by atoms with E-state index in [1.807, 2.05) is 0 Å². The summed E-state index contributed by atoms with van der Waals surface area (Å²) in [4.78, 5) is 10.3. The van der Waals surface area contributed by atoms with Crippen LogP contribution in [-0.4, -0.2) is 32.5 Å². The van der Waals surface area contributed by atoms with Gasteiger partial charge in [-0.3, -0.25) is 9.36 Å². The predicted octanol–water partition coefficient (Wildman–Crippen LogP) is 1.10. The molecule has 0 rings (SSSR count). The average molecular weight is 180 g/mol. The maximum Gasteiger partial charge on any atom is 0.302 e. The van der Waals surface area contributed by atoms with Gasteiger partial charge in [0, 0.05) is 20.7 Å². The van der Waals surface area contributed by atoms with Gasteiger partial charge in [-0.2, -0.15) is 0 Å². The molecule has 0 aromatic heterocycles. The SMILES string of the molecule is COP(C)(=O)CCOC(C)=O. The third kappa shape index (κ3) is 6.07. The van der Waals surface area contributed by atoms with Crippen molar-refractivity contribution >= 4 is 13.3 Å². The van der Waals surface area contributed by atoms with Crippen LogP contribution in [0.5, 0.6) is 0 Å². The first kappa shape index (κ1) is 10.7. The number of carbonyl (C=O) groups excluding carboxylic acids is 1. The summed E-state index contributed by atoms with van der Waals surface area (Å²) in [5, 5.41) is 0. The van der Waals surface area contributed by atoms with Crippen LogP contribution in [0.3, 0.4) is 0 Å². The molecule has 0 bridgehead atoms. The molecule has 0 N–H and O–H groups in total. The first-order valence-corrected chi connectivity index (χ1v) is 5.49. The van der Waals surface area contributed by atoms with Crippen LogP contribution in [-0.2, 0) is 18.6 Å². The number of esters is 1. The fourth-order valence-corrected chi connectivity index (χ4v) is 1.05. The molecule has 66 valence electrons. The van der Waals surface area contributed by atoms with E-state index in [2.05, 4.69) is 9.26 Å². The van der Waals surface area contributed by atoms with Gasteiger partial charge in [-0.25, -0.2) is 0 Å². The van der Waals surface area contributed by atoms with Crippen LogP contribution in [0.1, 0.15) is 6.92 Å². The fraction of sp³-hybridized carbons (Fsp3) is 0.833. The molecule has 5 heteroatoms. The second-order valence-corrected chi connectivity index (χ2v) is 5.10. The van der Waals surface area contributed by atoms with Crippen LogP contribution < -0.4 is 0 Å². The standard InChI is InChI=1S/C6H13O4P/c1-6(7)10-4-5-11(3,8)9-2/h4-5H2,1-3H3. The van der Waals surface area contributed by atoms with Crippen molar-refractivity contribution in [1.29, 1.82) is 0 Å². The minimum atomic E-state index is -2.51. The fourth-order valence-electron chi connectivity index (χ4n) is 0.446. The predicted molar refractivity (Wildman–Crippen MR) is 42.0 cm³/mol. The summed E-state index contributed by atoms with van der Waals surface area (Å²) in [7, 11) is -1.12. The molecular weight excluding hydrogens is 167 g/mol. The second kappa shape index (κ2) is 4.52. The Morgan fingerprint density at radius 1 is 1.55 bits per heavy atom. The highest BCUT2D eigenvalue weighted by atomic mass is 31.2. The highest BCUT2D eigenvalue weighted by molar-refractivity contribution is 7.58. The Morgan fingerprint density at radius 3 is 2.45 bits per heavy atom. The van der Waals surface area contributed by atoms with Crippen molar-refractivity contribution in [2.45, 2.75) is 6.92 Å². The molecule has 1 unspecified atom stereocenters. The zero-order chi connectivity index (χ0) is 8.91. The third-order valence-electron chi connectivity index (χ3n) is 1.19. The van der Waals surface area contributed by atoms with E-state index in [9.17, 15) is 9.36 Å². The molecule has 0 aliphatic heterocycles. The Morgan fingerprint density at radius 2 is 2.09 bits per heavy atom. The van der Waals surface area contributed by atoms with Gasteiger partial charge >= 0.3 is 5.97 Å². The van der Waals surface area contributed by atoms with Gasteiger partial charge in [0.15, 0.2) is 0 Å². The number of carbonyl (C=O) groups is 1. The minimum Gasteiger partial charge on any atom is -0.465 e. The van der Waals surface area contributed by atoms with Crippen LogP contribution in [0, 0.1) is 0 Å². The van der Waals surface area contributed by atoms with Gasteiger partial charge < -0.3 is 9.26 Å². The molecule has 0 heterocycles. The monoisotopic (exact) mass is 180 g/mol. The quantitative estimate of drug-likeness (QED) is 0.480. The summed E-state index contributed by atoms with van der Waals surface area (Å²) in [6.07, 6.45) is 0.281. The average Bonchev–Trinajstić information content (AvgIpc) is 1.87. The van der Waals surface area contributed by atoms with E-state index in [0.717, 1.165) is 0 Å². The van der Waals surface area contributed by atoms with Crippen LogP contribution in [0.25, 0.3) is 0 Å². The Kier molecular flexibility index (Phi) is 4.38. The Bertz CT molecular complexity index is 177. The number of rotatable bonds is 4. The summed E-state index contributed by atoms with van der Waals surface area (Å²) in [6.45, 7) is 2.99. The van der Waals surface area contributed by atoms with E-state index in [4.69, 9.17) is 0 Å². The van der Waals surface area contributed by atoms with E-state index in [0.29, 0.717) is 0 Å². The van der Waals surface area contributed by atoms with Gasteiger partial charge in [0.25, 0.3) is 0 Å². The maximum absolute atomic E-state index is 11.2. The van der Waals surface area contributed by atoms with Crippen molar-refractivity contribution < 1.29 is 18.6 Å². The first-order valence-electron chi connectivity index (χ1n) is 3.23. The van der Waals surface area contributed by atoms with Crippen LogP contribution >= 0.6 is 7.37 Å². The minimum absolute atomic E-state index is 0.164. The normalized spacial score (nSPS) is 15.5. The molecule has 0 aliphatic rings. The Balaban J connectivity index is 3.54. The first-order chi connectivity index (χ1) is 4.98. The van der Waals surface area contributed by atoms with Crippen molar-refractivity contribution in [3.63, 3.8) is 0 Å². The van der Waals surface area contributed by atoms with Gasteiger partial charge in [-0.05, 0) is 0 Å². The molecule has 0 aromatic rings. The molecule has 0 aromatic carbocycles. The number of hydrogen-bond donors (Lipinski definition) is 0. The zero-order valence-corrected chi connectivity index (χ0v) is 7.89.